The van der Waals surface area contributed by atoms with Crippen LogP contribution in [0.5, 0.6) is 0 Å². The van der Waals surface area contributed by atoms with Gasteiger partial charge < -0.3 is 10.4 Å². The average molecular weight is 449 g/mol. The first-order valence-corrected chi connectivity index (χ1v) is 12.1. The van der Waals surface area contributed by atoms with Gasteiger partial charge in [0.05, 0.1) is 22.2 Å². The van der Waals surface area contributed by atoms with Crippen molar-refractivity contribution in [2.24, 2.45) is 0 Å². The van der Waals surface area contributed by atoms with Crippen LogP contribution in [-0.4, -0.2) is 39.6 Å². The number of hydrogen-bond donors (Lipinski definition) is 2. The van der Waals surface area contributed by atoms with Crippen LogP contribution in [-0.2, 0) is 10.0 Å². The van der Waals surface area contributed by atoms with Gasteiger partial charge in [0.15, 0.2) is 0 Å². The number of hydrogen-bond acceptors (Lipinski definition) is 6. The molecule has 0 saturated heterocycles. The first-order valence-electron chi connectivity index (χ1n) is 10.7. The minimum atomic E-state index is -3.76. The molecule has 0 aliphatic heterocycles. The Morgan fingerprint density at radius 3 is 2.44 bits per heavy atom. The highest BCUT2D eigenvalue weighted by Crippen LogP contribution is 2.32. The zero-order valence-corrected chi connectivity index (χ0v) is 18.2. The molecular weight excluding hydrogens is 424 g/mol. The first kappa shape index (κ1) is 20.7. The molecule has 2 aromatic heterocycles. The van der Waals surface area contributed by atoms with Gasteiger partial charge in [-0.15, -0.1) is 0 Å². The Bertz CT molecular complexity index is 1340. The lowest BCUT2D eigenvalue weighted by Crippen LogP contribution is -2.28. The molecule has 1 aliphatic carbocycles. The summed E-state index contributed by atoms with van der Waals surface area (Å²) >= 11 is 0. The molecule has 2 N–H and O–H groups in total. The fraction of sp³-hybridized carbons (Fsp3) is 0.250. The van der Waals surface area contributed by atoms with E-state index in [4.69, 9.17) is 0 Å². The number of nitrogens with zero attached hydrogens (tertiary/aromatic N) is 3. The van der Waals surface area contributed by atoms with E-state index >= 15 is 0 Å². The number of nitrogens with one attached hydrogen (secondary N) is 1. The number of para-hydroxylation sites is 1. The van der Waals surface area contributed by atoms with Crippen molar-refractivity contribution >= 4 is 26.9 Å². The second-order valence-corrected chi connectivity index (χ2v) is 9.90. The van der Waals surface area contributed by atoms with Gasteiger partial charge >= 0.3 is 0 Å². The SMILES string of the molecule is O=S(=O)(c1ccccc1)n1cc(-c2ccnc(NC3CCC(O)CC3)n2)c2ccccc21. The van der Waals surface area contributed by atoms with E-state index in [9.17, 15) is 13.5 Å². The third kappa shape index (κ3) is 3.87. The topological polar surface area (TPSA) is 97.1 Å². The molecule has 0 radical (unpaired) electrons. The zero-order valence-electron chi connectivity index (χ0n) is 17.4. The van der Waals surface area contributed by atoms with Gasteiger partial charge in [-0.05, 0) is 49.9 Å². The summed E-state index contributed by atoms with van der Waals surface area (Å²) in [4.78, 5) is 9.27. The smallest absolute Gasteiger partial charge is 0.268 e. The number of aliphatic hydroxyl groups is 1. The van der Waals surface area contributed by atoms with Gasteiger partial charge in [-0.3, -0.25) is 0 Å². The Hall–Kier alpha value is -3.23. The highest BCUT2D eigenvalue weighted by atomic mass is 32.2. The van der Waals surface area contributed by atoms with Gasteiger partial charge in [-0.1, -0.05) is 36.4 Å². The summed E-state index contributed by atoms with van der Waals surface area (Å²) in [6.07, 6.45) is 6.35. The quantitative estimate of drug-likeness (QED) is 0.478. The molecule has 1 fully saturated rings. The van der Waals surface area contributed by atoms with Crippen LogP contribution >= 0.6 is 0 Å². The predicted octanol–water partition coefficient (Wildman–Crippen LogP) is 4.05. The molecule has 0 amide bonds. The average Bonchev–Trinajstić information content (AvgIpc) is 3.22. The Balaban J connectivity index is 1.55. The Morgan fingerprint density at radius 2 is 1.66 bits per heavy atom. The summed E-state index contributed by atoms with van der Waals surface area (Å²) in [6, 6.07) is 17.8. The summed E-state index contributed by atoms with van der Waals surface area (Å²) in [5.41, 5.74) is 1.97. The maximum Gasteiger partial charge on any atom is 0.268 e. The maximum atomic E-state index is 13.3. The number of aliphatic hydroxyl groups excluding tert-OH is 1. The van der Waals surface area contributed by atoms with Crippen molar-refractivity contribution in [3.63, 3.8) is 0 Å². The number of aromatic nitrogens is 3. The number of fused-ring (bicyclic) bond motifs is 1. The lowest BCUT2D eigenvalue weighted by Gasteiger charge is -2.26. The second kappa shape index (κ2) is 8.37. The molecule has 2 aromatic carbocycles. The summed E-state index contributed by atoms with van der Waals surface area (Å²) in [5, 5.41) is 13.9. The highest BCUT2D eigenvalue weighted by molar-refractivity contribution is 7.90. The van der Waals surface area contributed by atoms with Crippen LogP contribution in [0, 0.1) is 0 Å². The van der Waals surface area contributed by atoms with Crippen molar-refractivity contribution in [1.29, 1.82) is 0 Å². The zero-order chi connectivity index (χ0) is 22.1. The van der Waals surface area contributed by atoms with E-state index in [-0.39, 0.29) is 17.0 Å². The molecule has 32 heavy (non-hydrogen) atoms. The number of anilines is 1. The van der Waals surface area contributed by atoms with Crippen molar-refractivity contribution in [2.45, 2.75) is 42.7 Å². The van der Waals surface area contributed by atoms with Crippen LogP contribution in [0.3, 0.4) is 0 Å². The summed E-state index contributed by atoms with van der Waals surface area (Å²) in [5.74, 6) is 0.506. The van der Waals surface area contributed by atoms with Gasteiger partial charge in [0.1, 0.15) is 0 Å². The van der Waals surface area contributed by atoms with E-state index in [2.05, 4.69) is 15.3 Å². The molecule has 164 valence electrons. The molecule has 1 aliphatic rings. The molecule has 0 spiro atoms. The monoisotopic (exact) mass is 448 g/mol. The van der Waals surface area contributed by atoms with Crippen molar-refractivity contribution < 1.29 is 13.5 Å². The first-order chi connectivity index (χ1) is 15.5. The highest BCUT2D eigenvalue weighted by Gasteiger charge is 2.23. The number of benzene rings is 2. The predicted molar refractivity (Wildman–Crippen MR) is 124 cm³/mol. The summed E-state index contributed by atoms with van der Waals surface area (Å²) in [7, 11) is -3.76. The third-order valence-corrected chi connectivity index (χ3v) is 7.63. The third-order valence-electron chi connectivity index (χ3n) is 5.94. The van der Waals surface area contributed by atoms with Gasteiger partial charge in [0, 0.05) is 29.4 Å². The van der Waals surface area contributed by atoms with E-state index in [1.165, 1.54) is 3.97 Å². The molecule has 0 bridgehead atoms. The minimum absolute atomic E-state index is 0.216. The molecule has 7 nitrogen and oxygen atoms in total. The molecule has 0 atom stereocenters. The van der Waals surface area contributed by atoms with Crippen LogP contribution < -0.4 is 5.32 Å². The van der Waals surface area contributed by atoms with E-state index in [0.717, 1.165) is 36.6 Å². The Kier molecular flexibility index (Phi) is 5.40. The normalized spacial score (nSPS) is 19.2. The van der Waals surface area contributed by atoms with Gasteiger partial charge in [-0.2, -0.15) is 0 Å². The standard InChI is InChI=1S/C24H24N4O3S/c29-18-12-10-17(11-13-18)26-24-25-15-14-22(27-24)21-16-28(23-9-5-4-8-20(21)23)32(30,31)19-6-2-1-3-7-19/h1-9,14-18,29H,10-13H2,(H,25,26,27). The lowest BCUT2D eigenvalue weighted by atomic mass is 9.93. The van der Waals surface area contributed by atoms with E-state index in [1.54, 1.807) is 54.9 Å². The van der Waals surface area contributed by atoms with Crippen molar-refractivity contribution in [2.75, 3.05) is 5.32 Å². The summed E-state index contributed by atoms with van der Waals surface area (Å²) < 4.78 is 28.0. The molecule has 5 rings (SSSR count). The Labute approximate surface area is 186 Å². The van der Waals surface area contributed by atoms with Crippen molar-refractivity contribution in [1.82, 2.24) is 13.9 Å². The summed E-state index contributed by atoms with van der Waals surface area (Å²) in [6.45, 7) is 0. The lowest BCUT2D eigenvalue weighted by molar-refractivity contribution is 0.126. The molecule has 8 heteroatoms. The van der Waals surface area contributed by atoms with Gasteiger partial charge in [-0.25, -0.2) is 22.4 Å². The molecule has 2 heterocycles. The van der Waals surface area contributed by atoms with Crippen LogP contribution in [0.25, 0.3) is 22.2 Å². The van der Waals surface area contributed by atoms with Gasteiger partial charge in [0.2, 0.25) is 5.95 Å². The molecule has 0 unspecified atom stereocenters. The van der Waals surface area contributed by atoms with Crippen LogP contribution in [0.15, 0.2) is 78.0 Å². The van der Waals surface area contributed by atoms with Crippen LogP contribution in [0.4, 0.5) is 5.95 Å². The molecule has 1 saturated carbocycles. The van der Waals surface area contributed by atoms with Crippen molar-refractivity contribution in [3.05, 3.63) is 73.1 Å². The molecular formula is C24H24N4O3S. The van der Waals surface area contributed by atoms with Crippen molar-refractivity contribution in [3.8, 4) is 11.3 Å². The van der Waals surface area contributed by atoms with Crippen LogP contribution in [0.1, 0.15) is 25.7 Å². The molecule has 4 aromatic rings. The largest absolute Gasteiger partial charge is 0.393 e. The van der Waals surface area contributed by atoms with E-state index in [1.807, 2.05) is 18.2 Å². The van der Waals surface area contributed by atoms with Gasteiger partial charge in [0.25, 0.3) is 10.0 Å². The van der Waals surface area contributed by atoms with E-state index < -0.39 is 10.0 Å². The van der Waals surface area contributed by atoms with Crippen LogP contribution in [0.2, 0.25) is 0 Å². The second-order valence-electron chi connectivity index (χ2n) is 8.09. The minimum Gasteiger partial charge on any atom is -0.393 e. The van der Waals surface area contributed by atoms with E-state index in [0.29, 0.717) is 17.2 Å². The fourth-order valence-electron chi connectivity index (χ4n) is 4.24. The Morgan fingerprint density at radius 1 is 0.938 bits per heavy atom. The maximum absolute atomic E-state index is 13.3. The number of rotatable bonds is 5. The fourth-order valence-corrected chi connectivity index (χ4v) is 5.63.